The van der Waals surface area contributed by atoms with Gasteiger partial charge in [0.05, 0.1) is 0 Å². The predicted molar refractivity (Wildman–Crippen MR) is 115 cm³/mol. The number of amides is 1. The van der Waals surface area contributed by atoms with E-state index in [-0.39, 0.29) is 18.2 Å². The number of benzene rings is 1. The fourth-order valence-corrected chi connectivity index (χ4v) is 3.39. The number of hydrogen-bond donors (Lipinski definition) is 3. The number of carbonyl (C=O) groups excluding carboxylic acids is 1. The van der Waals surface area contributed by atoms with E-state index in [9.17, 15) is 13.6 Å². The minimum Gasteiger partial charge on any atom is -0.444 e. The summed E-state index contributed by atoms with van der Waals surface area (Å²) >= 11 is 0. The number of rotatable bonds is 6. The van der Waals surface area contributed by atoms with E-state index in [4.69, 9.17) is 4.74 Å². The molecule has 30 heavy (non-hydrogen) atoms. The third-order valence-corrected chi connectivity index (χ3v) is 4.79. The summed E-state index contributed by atoms with van der Waals surface area (Å²) in [6.07, 6.45) is 3.44. The van der Waals surface area contributed by atoms with E-state index in [0.717, 1.165) is 37.8 Å². The first-order chi connectivity index (χ1) is 14.2. The molecule has 0 radical (unpaired) electrons. The number of aliphatic imine (C=N–C) groups is 1. The van der Waals surface area contributed by atoms with Crippen LogP contribution in [-0.2, 0) is 11.2 Å². The van der Waals surface area contributed by atoms with E-state index in [0.29, 0.717) is 31.0 Å². The lowest BCUT2D eigenvalue weighted by molar-refractivity contribution is 0.0490. The topological polar surface area (TPSA) is 74.8 Å². The molecule has 2 rings (SSSR count). The summed E-state index contributed by atoms with van der Waals surface area (Å²) < 4.78 is 32.4. The van der Waals surface area contributed by atoms with Crippen molar-refractivity contribution in [2.24, 2.45) is 4.99 Å². The van der Waals surface area contributed by atoms with E-state index in [1.165, 1.54) is 6.07 Å². The number of halogens is 2. The second-order valence-electron chi connectivity index (χ2n) is 8.59. The van der Waals surface area contributed by atoms with Gasteiger partial charge < -0.3 is 20.7 Å². The highest BCUT2D eigenvalue weighted by molar-refractivity contribution is 5.80. The highest BCUT2D eigenvalue weighted by Gasteiger charge is 2.25. The maximum Gasteiger partial charge on any atom is 0.407 e. The molecule has 1 aromatic carbocycles. The highest BCUT2D eigenvalue weighted by Crippen LogP contribution is 2.19. The molecule has 1 aliphatic carbocycles. The average molecular weight is 425 g/mol. The number of guanidine groups is 1. The molecule has 6 nitrogen and oxygen atoms in total. The third-order valence-electron chi connectivity index (χ3n) is 4.79. The second-order valence-corrected chi connectivity index (χ2v) is 8.59. The van der Waals surface area contributed by atoms with E-state index in [1.807, 2.05) is 27.7 Å². The van der Waals surface area contributed by atoms with Gasteiger partial charge in [-0.2, -0.15) is 0 Å². The Morgan fingerprint density at radius 2 is 1.77 bits per heavy atom. The molecule has 3 N–H and O–H groups in total. The highest BCUT2D eigenvalue weighted by atomic mass is 19.1. The van der Waals surface area contributed by atoms with Crippen LogP contribution in [0.5, 0.6) is 0 Å². The first-order valence-corrected chi connectivity index (χ1v) is 10.6. The lowest BCUT2D eigenvalue weighted by atomic mass is 9.91. The minimum atomic E-state index is -0.505. The second kappa shape index (κ2) is 11.1. The van der Waals surface area contributed by atoms with Gasteiger partial charge in [-0.25, -0.2) is 13.6 Å². The lowest BCUT2D eigenvalue weighted by Gasteiger charge is -2.31. The molecule has 0 saturated heterocycles. The van der Waals surface area contributed by atoms with Gasteiger partial charge >= 0.3 is 6.09 Å². The van der Waals surface area contributed by atoms with Crippen LogP contribution in [0.1, 0.15) is 58.9 Å². The van der Waals surface area contributed by atoms with Crippen LogP contribution in [0.2, 0.25) is 0 Å². The predicted octanol–water partition coefficient (Wildman–Crippen LogP) is 3.90. The van der Waals surface area contributed by atoms with Crippen molar-refractivity contribution in [3.63, 3.8) is 0 Å². The van der Waals surface area contributed by atoms with Crippen LogP contribution in [-0.4, -0.2) is 42.8 Å². The van der Waals surface area contributed by atoms with Crippen molar-refractivity contribution in [2.45, 2.75) is 77.5 Å². The molecular formula is C22H34F2N4O2. The van der Waals surface area contributed by atoms with Gasteiger partial charge in [0, 0.05) is 25.2 Å². The summed E-state index contributed by atoms with van der Waals surface area (Å²) in [5.41, 5.74) is -0.183. The van der Waals surface area contributed by atoms with E-state index in [2.05, 4.69) is 20.9 Å². The molecule has 0 bridgehead atoms. The summed E-state index contributed by atoms with van der Waals surface area (Å²) in [4.78, 5) is 16.4. The molecule has 0 aromatic heterocycles. The van der Waals surface area contributed by atoms with Crippen molar-refractivity contribution < 1.29 is 18.3 Å². The molecule has 168 valence electrons. The number of carbonyl (C=O) groups is 1. The van der Waals surface area contributed by atoms with Gasteiger partial charge in [-0.15, -0.1) is 0 Å². The van der Waals surface area contributed by atoms with Crippen LogP contribution >= 0.6 is 0 Å². The Kier molecular flexibility index (Phi) is 8.87. The fourth-order valence-electron chi connectivity index (χ4n) is 3.39. The molecule has 1 amide bonds. The van der Waals surface area contributed by atoms with E-state index in [1.54, 1.807) is 0 Å². The molecule has 1 fully saturated rings. The normalized spacial score (nSPS) is 19.9. The van der Waals surface area contributed by atoms with Crippen molar-refractivity contribution in [3.8, 4) is 0 Å². The number of alkyl carbamates (subject to hydrolysis) is 1. The number of nitrogens with one attached hydrogen (secondary N) is 3. The molecule has 1 aliphatic rings. The minimum absolute atomic E-state index is 0.105. The van der Waals surface area contributed by atoms with Crippen molar-refractivity contribution in [1.29, 1.82) is 0 Å². The van der Waals surface area contributed by atoms with Crippen molar-refractivity contribution >= 4 is 12.1 Å². The standard InChI is InChI=1S/C22H34F2N4O2/c1-5-25-20(26-13-12-15-14-16(23)6-11-19(15)24)27-17-7-9-18(10-8-17)28-21(29)30-22(2,3)4/h6,11,14,17-18H,5,7-10,12-13H2,1-4H3,(H,28,29)(H2,25,26,27). The zero-order chi connectivity index (χ0) is 22.1. The molecule has 8 heteroatoms. The van der Waals surface area contributed by atoms with E-state index >= 15 is 0 Å². The van der Waals surface area contributed by atoms with Crippen molar-refractivity contribution in [2.75, 3.05) is 13.1 Å². The molecule has 0 aliphatic heterocycles. The summed E-state index contributed by atoms with van der Waals surface area (Å²) in [7, 11) is 0. The zero-order valence-corrected chi connectivity index (χ0v) is 18.4. The Morgan fingerprint density at radius 1 is 1.13 bits per heavy atom. The summed E-state index contributed by atoms with van der Waals surface area (Å²) in [5, 5.41) is 9.54. The smallest absolute Gasteiger partial charge is 0.407 e. The van der Waals surface area contributed by atoms with Crippen LogP contribution in [0.25, 0.3) is 0 Å². The monoisotopic (exact) mass is 424 g/mol. The first kappa shape index (κ1) is 23.9. The fraction of sp³-hybridized carbons (Fsp3) is 0.636. The van der Waals surface area contributed by atoms with Gasteiger partial charge in [-0.1, -0.05) is 0 Å². The van der Waals surface area contributed by atoms with Gasteiger partial charge in [0.1, 0.15) is 17.2 Å². The molecule has 0 unspecified atom stereocenters. The van der Waals surface area contributed by atoms with E-state index < -0.39 is 17.2 Å². The Morgan fingerprint density at radius 3 is 2.37 bits per heavy atom. The molecule has 0 heterocycles. The van der Waals surface area contributed by atoms with Gasteiger partial charge in [0.15, 0.2) is 5.96 Å². The SMILES string of the molecule is CCNC(=NCCc1cc(F)ccc1F)NC1CCC(NC(=O)OC(C)(C)C)CC1. The van der Waals surface area contributed by atoms with Gasteiger partial charge in [-0.05, 0) is 83.6 Å². The third kappa shape index (κ3) is 8.55. The Hall–Kier alpha value is -2.38. The van der Waals surface area contributed by atoms with Gasteiger partial charge in [0.2, 0.25) is 0 Å². The largest absolute Gasteiger partial charge is 0.444 e. The molecule has 1 saturated carbocycles. The van der Waals surface area contributed by atoms with Crippen LogP contribution < -0.4 is 16.0 Å². The average Bonchev–Trinajstić information content (AvgIpc) is 2.64. The molecule has 1 aromatic rings. The van der Waals surface area contributed by atoms with Crippen LogP contribution in [0.3, 0.4) is 0 Å². The first-order valence-electron chi connectivity index (χ1n) is 10.6. The zero-order valence-electron chi connectivity index (χ0n) is 18.4. The maximum absolute atomic E-state index is 13.7. The molecular weight excluding hydrogens is 390 g/mol. The quantitative estimate of drug-likeness (QED) is 0.478. The van der Waals surface area contributed by atoms with Crippen LogP contribution in [0.15, 0.2) is 23.2 Å². The number of ether oxygens (including phenoxy) is 1. The maximum atomic E-state index is 13.7. The van der Waals surface area contributed by atoms with Crippen LogP contribution in [0, 0.1) is 11.6 Å². The number of nitrogens with zero attached hydrogens (tertiary/aromatic N) is 1. The Labute approximate surface area is 177 Å². The van der Waals surface area contributed by atoms with Crippen molar-refractivity contribution in [3.05, 3.63) is 35.4 Å². The van der Waals surface area contributed by atoms with Gasteiger partial charge in [-0.3, -0.25) is 4.99 Å². The molecule has 0 spiro atoms. The number of hydrogen-bond acceptors (Lipinski definition) is 3. The van der Waals surface area contributed by atoms with Crippen molar-refractivity contribution in [1.82, 2.24) is 16.0 Å². The Balaban J connectivity index is 1.80. The summed E-state index contributed by atoms with van der Waals surface area (Å²) in [6.45, 7) is 8.57. The summed E-state index contributed by atoms with van der Waals surface area (Å²) in [6, 6.07) is 3.81. The lowest BCUT2D eigenvalue weighted by Crippen LogP contribution is -2.48. The van der Waals surface area contributed by atoms with Crippen LogP contribution in [0.4, 0.5) is 13.6 Å². The summed E-state index contributed by atoms with van der Waals surface area (Å²) in [5.74, 6) is -0.199. The molecule has 0 atom stereocenters. The Bertz CT molecular complexity index is 726. The van der Waals surface area contributed by atoms with Gasteiger partial charge in [0.25, 0.3) is 0 Å².